The van der Waals surface area contributed by atoms with Gasteiger partial charge in [-0.1, -0.05) is 29.8 Å². The van der Waals surface area contributed by atoms with Crippen LogP contribution in [0.4, 0.5) is 10.1 Å². The zero-order chi connectivity index (χ0) is 24.2. The van der Waals surface area contributed by atoms with E-state index < -0.39 is 10.0 Å². The van der Waals surface area contributed by atoms with Gasteiger partial charge in [0, 0.05) is 19.2 Å². The number of amides is 1. The molecule has 0 aliphatic rings. The number of hydrogen-bond acceptors (Lipinski definition) is 4. The molecule has 0 heterocycles. The van der Waals surface area contributed by atoms with Gasteiger partial charge in [0.05, 0.1) is 16.6 Å². The highest BCUT2D eigenvalue weighted by atomic mass is 32.2. The molecule has 174 valence electrons. The Balaban J connectivity index is 1.70. The maximum Gasteiger partial charge on any atom is 0.264 e. The lowest BCUT2D eigenvalue weighted by atomic mass is 10.1. The lowest BCUT2D eigenvalue weighted by Crippen LogP contribution is -2.34. The van der Waals surface area contributed by atoms with Gasteiger partial charge in [0.15, 0.2) is 0 Å². The van der Waals surface area contributed by atoms with Crippen molar-refractivity contribution in [2.24, 2.45) is 0 Å². The van der Waals surface area contributed by atoms with Crippen molar-refractivity contribution in [2.45, 2.75) is 17.9 Å². The zero-order valence-electron chi connectivity index (χ0n) is 19.1. The molecule has 8 heteroatoms. The van der Waals surface area contributed by atoms with Crippen LogP contribution in [0.2, 0.25) is 0 Å². The summed E-state index contributed by atoms with van der Waals surface area (Å²) in [6.07, 6.45) is 0. The molecule has 0 radical (unpaired) electrons. The molecule has 0 aliphatic carbocycles. The molecule has 0 saturated carbocycles. The number of sulfonamides is 1. The molecule has 0 unspecified atom stereocenters. The van der Waals surface area contributed by atoms with E-state index in [1.54, 1.807) is 54.6 Å². The number of benzene rings is 3. The Bertz CT molecular complexity index is 1210. The Kier molecular flexibility index (Phi) is 7.50. The summed E-state index contributed by atoms with van der Waals surface area (Å²) in [6.45, 7) is 2.18. The Hall–Kier alpha value is -3.23. The van der Waals surface area contributed by atoms with Crippen molar-refractivity contribution in [3.05, 3.63) is 95.3 Å². The van der Waals surface area contributed by atoms with Gasteiger partial charge in [0.2, 0.25) is 0 Å². The van der Waals surface area contributed by atoms with Gasteiger partial charge in [-0.2, -0.15) is 0 Å². The number of rotatable bonds is 8. The third-order valence-corrected chi connectivity index (χ3v) is 7.29. The van der Waals surface area contributed by atoms with E-state index in [0.717, 1.165) is 11.1 Å². The van der Waals surface area contributed by atoms with Crippen LogP contribution in [0.3, 0.4) is 0 Å². The summed E-state index contributed by atoms with van der Waals surface area (Å²) in [6, 6.07) is 19.1. The second kappa shape index (κ2) is 10.1. The van der Waals surface area contributed by atoms with E-state index in [1.807, 2.05) is 32.0 Å². The summed E-state index contributed by atoms with van der Waals surface area (Å²) < 4.78 is 40.6. The molecular formula is C25H28FN3O3S. The fourth-order valence-electron chi connectivity index (χ4n) is 3.43. The minimum absolute atomic E-state index is 0.199. The predicted octanol–water partition coefficient (Wildman–Crippen LogP) is 3.99. The number of carbonyl (C=O) groups excluding carboxylic acids is 1. The van der Waals surface area contributed by atoms with Crippen molar-refractivity contribution in [2.75, 3.05) is 32.0 Å². The van der Waals surface area contributed by atoms with E-state index in [-0.39, 0.29) is 22.7 Å². The molecule has 1 N–H and O–H groups in total. The van der Waals surface area contributed by atoms with Gasteiger partial charge in [0.25, 0.3) is 15.9 Å². The Morgan fingerprint density at radius 2 is 1.61 bits per heavy atom. The van der Waals surface area contributed by atoms with Crippen molar-refractivity contribution in [1.29, 1.82) is 0 Å². The Morgan fingerprint density at radius 3 is 2.18 bits per heavy atom. The van der Waals surface area contributed by atoms with Crippen LogP contribution in [-0.4, -0.2) is 46.9 Å². The molecule has 3 rings (SSSR count). The monoisotopic (exact) mass is 469 g/mol. The number of aryl methyl sites for hydroxylation is 1. The van der Waals surface area contributed by atoms with Crippen molar-refractivity contribution < 1.29 is 17.6 Å². The highest BCUT2D eigenvalue weighted by molar-refractivity contribution is 7.92. The predicted molar refractivity (Wildman–Crippen MR) is 128 cm³/mol. The number of anilines is 1. The number of carbonyl (C=O) groups is 1. The van der Waals surface area contributed by atoms with Crippen molar-refractivity contribution in [3.8, 4) is 0 Å². The maximum absolute atomic E-state index is 13.6. The van der Waals surface area contributed by atoms with Crippen LogP contribution in [0.1, 0.15) is 27.5 Å². The standard InChI is InChI=1S/C25H28FN3O3S/c1-18-8-14-23(15-9-18)33(31,32)29(4)22-12-10-19(11-13-22)25(30)27-17-24(28(2)3)20-6-5-7-21(26)16-20/h5-16,24H,17H2,1-4H3,(H,27,30)/t24-/m0/s1. The summed E-state index contributed by atoms with van der Waals surface area (Å²) >= 11 is 0. The van der Waals surface area contributed by atoms with Gasteiger partial charge in [-0.3, -0.25) is 9.10 Å². The first kappa shape index (κ1) is 24.4. The molecule has 0 saturated heterocycles. The van der Waals surface area contributed by atoms with E-state index in [0.29, 0.717) is 17.8 Å². The first-order valence-corrected chi connectivity index (χ1v) is 11.9. The van der Waals surface area contributed by atoms with Gasteiger partial charge in [-0.05, 0) is 75.1 Å². The third kappa shape index (κ3) is 5.77. The van der Waals surface area contributed by atoms with Gasteiger partial charge >= 0.3 is 0 Å². The number of hydrogen-bond donors (Lipinski definition) is 1. The molecule has 0 spiro atoms. The van der Waals surface area contributed by atoms with Crippen molar-refractivity contribution in [1.82, 2.24) is 10.2 Å². The van der Waals surface area contributed by atoms with Crippen LogP contribution in [0.15, 0.2) is 77.7 Å². The number of halogens is 1. The number of likely N-dealkylation sites (N-methyl/N-ethyl adjacent to an activating group) is 1. The van der Waals surface area contributed by atoms with E-state index >= 15 is 0 Å². The van der Waals surface area contributed by atoms with Crippen LogP contribution in [0, 0.1) is 12.7 Å². The quantitative estimate of drug-likeness (QED) is 0.542. The fourth-order valence-corrected chi connectivity index (χ4v) is 4.63. The summed E-state index contributed by atoms with van der Waals surface area (Å²) in [4.78, 5) is 14.8. The lowest BCUT2D eigenvalue weighted by molar-refractivity contribution is 0.0942. The van der Waals surface area contributed by atoms with Crippen molar-refractivity contribution >= 4 is 21.6 Å². The van der Waals surface area contributed by atoms with E-state index in [4.69, 9.17) is 0 Å². The van der Waals surface area contributed by atoms with Crippen LogP contribution in [0.5, 0.6) is 0 Å². The second-order valence-electron chi connectivity index (χ2n) is 8.08. The lowest BCUT2D eigenvalue weighted by Gasteiger charge is -2.25. The molecule has 1 atom stereocenters. The smallest absolute Gasteiger partial charge is 0.264 e. The van der Waals surface area contributed by atoms with E-state index in [9.17, 15) is 17.6 Å². The molecule has 6 nitrogen and oxygen atoms in total. The third-order valence-electron chi connectivity index (χ3n) is 5.49. The van der Waals surface area contributed by atoms with Gasteiger partial charge in [-0.15, -0.1) is 0 Å². The molecule has 33 heavy (non-hydrogen) atoms. The number of nitrogens with zero attached hydrogens (tertiary/aromatic N) is 2. The van der Waals surface area contributed by atoms with E-state index in [1.165, 1.54) is 23.5 Å². The summed E-state index contributed by atoms with van der Waals surface area (Å²) in [5.74, 6) is -0.625. The van der Waals surface area contributed by atoms with E-state index in [2.05, 4.69) is 5.32 Å². The molecule has 0 bridgehead atoms. The highest BCUT2D eigenvalue weighted by Gasteiger charge is 2.22. The molecule has 1 amide bonds. The topological polar surface area (TPSA) is 69.7 Å². The largest absolute Gasteiger partial charge is 0.350 e. The fraction of sp³-hybridized carbons (Fsp3) is 0.240. The molecule has 0 aromatic heterocycles. The molecule has 0 fully saturated rings. The first-order chi connectivity index (χ1) is 15.6. The van der Waals surface area contributed by atoms with Crippen LogP contribution in [-0.2, 0) is 10.0 Å². The van der Waals surface area contributed by atoms with Crippen LogP contribution in [0.25, 0.3) is 0 Å². The molecule has 0 aliphatic heterocycles. The van der Waals surface area contributed by atoms with Crippen molar-refractivity contribution in [3.63, 3.8) is 0 Å². The minimum atomic E-state index is -3.71. The second-order valence-corrected chi connectivity index (χ2v) is 10.0. The van der Waals surface area contributed by atoms with Gasteiger partial charge < -0.3 is 10.2 Å². The Labute approximate surface area is 194 Å². The maximum atomic E-state index is 13.6. The summed E-state index contributed by atoms with van der Waals surface area (Å²) in [5, 5.41) is 2.87. The van der Waals surface area contributed by atoms with Crippen LogP contribution >= 0.6 is 0 Å². The van der Waals surface area contributed by atoms with Crippen LogP contribution < -0.4 is 9.62 Å². The highest BCUT2D eigenvalue weighted by Crippen LogP contribution is 2.23. The first-order valence-electron chi connectivity index (χ1n) is 10.5. The molecular weight excluding hydrogens is 441 g/mol. The summed E-state index contributed by atoms with van der Waals surface area (Å²) in [7, 11) is 1.49. The van der Waals surface area contributed by atoms with Gasteiger partial charge in [-0.25, -0.2) is 12.8 Å². The average Bonchev–Trinajstić information content (AvgIpc) is 2.79. The normalized spacial score (nSPS) is 12.4. The molecule has 3 aromatic carbocycles. The number of nitrogens with one attached hydrogen (secondary N) is 1. The SMILES string of the molecule is Cc1ccc(S(=O)(=O)N(C)c2ccc(C(=O)NC[C@@H](c3cccc(F)c3)N(C)C)cc2)cc1. The Morgan fingerprint density at radius 1 is 0.970 bits per heavy atom. The molecule has 3 aromatic rings. The average molecular weight is 470 g/mol. The van der Waals surface area contributed by atoms with Gasteiger partial charge in [0.1, 0.15) is 5.82 Å². The zero-order valence-corrected chi connectivity index (χ0v) is 19.9. The minimum Gasteiger partial charge on any atom is -0.350 e. The summed E-state index contributed by atoms with van der Waals surface area (Å²) in [5.41, 5.74) is 2.58.